The second kappa shape index (κ2) is 9.86. The number of hydrogen-bond acceptors (Lipinski definition) is 4. The number of benzene rings is 3. The lowest BCUT2D eigenvalue weighted by molar-refractivity contribution is -0.137. The van der Waals surface area contributed by atoms with Crippen molar-refractivity contribution in [2.75, 3.05) is 24.4 Å². The Balaban J connectivity index is 1.53. The van der Waals surface area contributed by atoms with Crippen LogP contribution in [0.2, 0.25) is 0 Å². The number of halogens is 3. The topological polar surface area (TPSA) is 76.7 Å². The van der Waals surface area contributed by atoms with Gasteiger partial charge in [0.25, 0.3) is 11.8 Å². The van der Waals surface area contributed by atoms with Crippen molar-refractivity contribution >= 4 is 23.2 Å². The molecule has 3 aromatic carbocycles. The van der Waals surface area contributed by atoms with E-state index in [0.717, 1.165) is 12.1 Å². The average Bonchev–Trinajstić information content (AvgIpc) is 2.78. The molecular weight excluding hydrogens is 425 g/mol. The zero-order chi connectivity index (χ0) is 23.1. The Hall–Kier alpha value is -4.01. The fraction of sp³-hybridized carbons (Fsp3) is 0.130. The smallest absolute Gasteiger partial charge is 0.416 e. The minimum atomic E-state index is -4.50. The highest BCUT2D eigenvalue weighted by atomic mass is 19.4. The Morgan fingerprint density at radius 3 is 2.12 bits per heavy atom. The summed E-state index contributed by atoms with van der Waals surface area (Å²) in [4.78, 5) is 24.3. The Morgan fingerprint density at radius 2 is 1.50 bits per heavy atom. The second-order valence-corrected chi connectivity index (χ2v) is 6.62. The molecule has 0 aliphatic rings. The lowest BCUT2D eigenvalue weighted by Gasteiger charge is -2.11. The number of anilines is 2. The van der Waals surface area contributed by atoms with Gasteiger partial charge in [-0.1, -0.05) is 6.07 Å². The van der Waals surface area contributed by atoms with Gasteiger partial charge >= 0.3 is 6.18 Å². The van der Waals surface area contributed by atoms with Gasteiger partial charge in [-0.3, -0.25) is 9.59 Å². The third-order valence-electron chi connectivity index (χ3n) is 4.31. The molecule has 0 unspecified atom stereocenters. The van der Waals surface area contributed by atoms with E-state index in [4.69, 9.17) is 9.47 Å². The first-order valence-electron chi connectivity index (χ1n) is 9.40. The summed E-state index contributed by atoms with van der Waals surface area (Å²) in [6, 6.07) is 17.0. The number of alkyl halides is 3. The van der Waals surface area contributed by atoms with Crippen LogP contribution in [0.4, 0.5) is 24.5 Å². The van der Waals surface area contributed by atoms with Gasteiger partial charge in [0.1, 0.15) is 11.5 Å². The van der Waals surface area contributed by atoms with Crippen LogP contribution in [0.1, 0.15) is 15.9 Å². The molecule has 0 atom stereocenters. The third kappa shape index (κ3) is 6.24. The highest BCUT2D eigenvalue weighted by molar-refractivity contribution is 6.04. The van der Waals surface area contributed by atoms with Crippen molar-refractivity contribution in [3.8, 4) is 11.5 Å². The van der Waals surface area contributed by atoms with E-state index in [1.165, 1.54) is 36.4 Å². The lowest BCUT2D eigenvalue weighted by Crippen LogP contribution is -2.20. The number of nitrogens with one attached hydrogen (secondary N) is 2. The van der Waals surface area contributed by atoms with Gasteiger partial charge in [-0.2, -0.15) is 13.2 Å². The van der Waals surface area contributed by atoms with Gasteiger partial charge < -0.3 is 20.1 Å². The molecule has 0 aliphatic heterocycles. The van der Waals surface area contributed by atoms with Crippen molar-refractivity contribution in [3.05, 3.63) is 83.9 Å². The van der Waals surface area contributed by atoms with Gasteiger partial charge in [-0.15, -0.1) is 0 Å². The van der Waals surface area contributed by atoms with Crippen molar-refractivity contribution < 1.29 is 32.2 Å². The molecule has 2 N–H and O–H groups in total. The van der Waals surface area contributed by atoms with Gasteiger partial charge in [-0.25, -0.2) is 0 Å². The molecule has 9 heteroatoms. The monoisotopic (exact) mass is 444 g/mol. The summed E-state index contributed by atoms with van der Waals surface area (Å²) in [5.41, 5.74) is -0.0224. The van der Waals surface area contributed by atoms with Gasteiger partial charge in [0, 0.05) is 16.9 Å². The molecular formula is C23H19F3N2O4. The maximum Gasteiger partial charge on any atom is 0.416 e. The first kappa shape index (κ1) is 22.7. The molecule has 166 valence electrons. The summed E-state index contributed by atoms with van der Waals surface area (Å²) in [5.74, 6) is 0.0663. The number of hydrogen-bond donors (Lipinski definition) is 2. The van der Waals surface area contributed by atoms with Crippen LogP contribution in [0.15, 0.2) is 72.8 Å². The first-order chi connectivity index (χ1) is 15.2. The van der Waals surface area contributed by atoms with Crippen LogP contribution in [0, 0.1) is 0 Å². The van der Waals surface area contributed by atoms with E-state index >= 15 is 0 Å². The standard InChI is InChI=1S/C23H19F3N2O4/c1-31-19-11-7-17(8-12-19)27-21(29)14-32-20-9-5-15(6-10-20)22(30)28-18-4-2-3-16(13-18)23(24,25)26/h2-13H,14H2,1H3,(H,27,29)(H,28,30). The van der Waals surface area contributed by atoms with Crippen LogP contribution >= 0.6 is 0 Å². The molecule has 0 saturated carbocycles. The van der Waals surface area contributed by atoms with Crippen molar-refractivity contribution in [2.45, 2.75) is 6.18 Å². The molecule has 0 fully saturated rings. The van der Waals surface area contributed by atoms with E-state index < -0.39 is 17.6 Å². The van der Waals surface area contributed by atoms with Crippen LogP contribution in [0.5, 0.6) is 11.5 Å². The predicted molar refractivity (Wildman–Crippen MR) is 113 cm³/mol. The van der Waals surface area contributed by atoms with Gasteiger partial charge in [0.15, 0.2) is 6.61 Å². The van der Waals surface area contributed by atoms with E-state index in [9.17, 15) is 22.8 Å². The molecule has 0 heterocycles. The second-order valence-electron chi connectivity index (χ2n) is 6.62. The van der Waals surface area contributed by atoms with Crippen molar-refractivity contribution in [3.63, 3.8) is 0 Å². The molecule has 0 aromatic heterocycles. The molecule has 6 nitrogen and oxygen atoms in total. The normalized spacial score (nSPS) is 10.9. The Bertz CT molecular complexity index is 1080. The summed E-state index contributed by atoms with van der Waals surface area (Å²) in [5, 5.41) is 5.09. The summed E-state index contributed by atoms with van der Waals surface area (Å²) in [7, 11) is 1.54. The van der Waals surface area contributed by atoms with Crippen molar-refractivity contribution in [2.24, 2.45) is 0 Å². The number of carbonyl (C=O) groups is 2. The lowest BCUT2D eigenvalue weighted by atomic mass is 10.1. The largest absolute Gasteiger partial charge is 0.497 e. The number of amides is 2. The van der Waals surface area contributed by atoms with E-state index in [2.05, 4.69) is 10.6 Å². The summed E-state index contributed by atoms with van der Waals surface area (Å²) < 4.78 is 48.8. The summed E-state index contributed by atoms with van der Waals surface area (Å²) in [6.07, 6.45) is -4.50. The van der Waals surface area contributed by atoms with Crippen LogP contribution in [-0.2, 0) is 11.0 Å². The van der Waals surface area contributed by atoms with Crippen LogP contribution in [-0.4, -0.2) is 25.5 Å². The van der Waals surface area contributed by atoms with E-state index in [-0.39, 0.29) is 23.8 Å². The van der Waals surface area contributed by atoms with Gasteiger partial charge in [0.2, 0.25) is 0 Å². The minimum Gasteiger partial charge on any atom is -0.497 e. The van der Waals surface area contributed by atoms with Gasteiger partial charge in [0.05, 0.1) is 12.7 Å². The highest BCUT2D eigenvalue weighted by Crippen LogP contribution is 2.30. The molecule has 3 aromatic rings. The maximum absolute atomic E-state index is 12.8. The zero-order valence-electron chi connectivity index (χ0n) is 16.9. The molecule has 0 spiro atoms. The van der Waals surface area contributed by atoms with Crippen LogP contribution < -0.4 is 20.1 Å². The fourth-order valence-corrected chi connectivity index (χ4v) is 2.70. The number of ether oxygens (including phenoxy) is 2. The number of methoxy groups -OCH3 is 1. The third-order valence-corrected chi connectivity index (χ3v) is 4.31. The van der Waals surface area contributed by atoms with Gasteiger partial charge in [-0.05, 0) is 66.7 Å². The van der Waals surface area contributed by atoms with Crippen molar-refractivity contribution in [1.29, 1.82) is 0 Å². The molecule has 2 amide bonds. The predicted octanol–water partition coefficient (Wildman–Crippen LogP) is 4.98. The highest BCUT2D eigenvalue weighted by Gasteiger charge is 2.30. The molecule has 0 bridgehead atoms. The molecule has 32 heavy (non-hydrogen) atoms. The summed E-state index contributed by atoms with van der Waals surface area (Å²) in [6.45, 7) is -0.248. The zero-order valence-corrected chi connectivity index (χ0v) is 16.9. The van der Waals surface area contributed by atoms with E-state index in [1.54, 1.807) is 31.4 Å². The molecule has 3 rings (SSSR count). The molecule has 0 saturated heterocycles. The minimum absolute atomic E-state index is 0.0281. The van der Waals surface area contributed by atoms with E-state index in [0.29, 0.717) is 17.2 Å². The Kier molecular flexibility index (Phi) is 6.99. The SMILES string of the molecule is COc1ccc(NC(=O)COc2ccc(C(=O)Nc3cccc(C(F)(F)F)c3)cc2)cc1. The van der Waals surface area contributed by atoms with E-state index in [1.807, 2.05) is 0 Å². The number of rotatable bonds is 7. The number of carbonyl (C=O) groups excluding carboxylic acids is 2. The molecule has 0 aliphatic carbocycles. The van der Waals surface area contributed by atoms with Crippen molar-refractivity contribution in [1.82, 2.24) is 0 Å². The Morgan fingerprint density at radius 1 is 0.844 bits per heavy atom. The first-order valence-corrected chi connectivity index (χ1v) is 9.40. The maximum atomic E-state index is 12.8. The quantitative estimate of drug-likeness (QED) is 0.539. The molecule has 0 radical (unpaired) electrons. The average molecular weight is 444 g/mol. The van der Waals surface area contributed by atoms with Crippen LogP contribution in [0.25, 0.3) is 0 Å². The summed E-state index contributed by atoms with van der Waals surface area (Å²) >= 11 is 0. The van der Waals surface area contributed by atoms with Crippen LogP contribution in [0.3, 0.4) is 0 Å². The fourth-order valence-electron chi connectivity index (χ4n) is 2.70. The Labute approximate surface area is 182 Å².